The molecule has 2 rings (SSSR count). The Morgan fingerprint density at radius 1 is 1.27 bits per heavy atom. The van der Waals surface area contributed by atoms with Gasteiger partial charge in [-0.1, -0.05) is 6.07 Å². The van der Waals surface area contributed by atoms with Crippen molar-refractivity contribution in [3.05, 3.63) is 54.1 Å². The molecule has 0 radical (unpaired) electrons. The Hall–Kier alpha value is -2.47. The monoisotopic (exact) mass is 303 g/mol. The average Bonchev–Trinajstić information content (AvgIpc) is 2.52. The summed E-state index contributed by atoms with van der Waals surface area (Å²) in [6, 6.07) is 9.47. The lowest BCUT2D eigenvalue weighted by Crippen LogP contribution is -2.26. The zero-order chi connectivity index (χ0) is 15.8. The maximum atomic E-state index is 13.1. The van der Waals surface area contributed by atoms with Crippen LogP contribution >= 0.6 is 0 Å². The van der Waals surface area contributed by atoms with Gasteiger partial charge in [-0.05, 0) is 36.8 Å². The first-order chi connectivity index (χ1) is 10.7. The van der Waals surface area contributed by atoms with Crippen LogP contribution in [0.4, 0.5) is 15.8 Å². The number of amides is 1. The zero-order valence-electron chi connectivity index (χ0n) is 12.3. The second-order valence-electron chi connectivity index (χ2n) is 4.67. The van der Waals surface area contributed by atoms with E-state index in [9.17, 15) is 9.18 Å². The van der Waals surface area contributed by atoms with Gasteiger partial charge in [0, 0.05) is 25.9 Å². The number of nitrogens with one attached hydrogen (secondary N) is 2. The van der Waals surface area contributed by atoms with Gasteiger partial charge in [0.25, 0.3) is 5.91 Å². The van der Waals surface area contributed by atoms with Crippen molar-refractivity contribution < 1.29 is 13.9 Å². The van der Waals surface area contributed by atoms with E-state index in [1.54, 1.807) is 31.4 Å². The highest BCUT2D eigenvalue weighted by Gasteiger charge is 2.06. The van der Waals surface area contributed by atoms with Gasteiger partial charge < -0.3 is 15.4 Å². The molecule has 0 unspecified atom stereocenters. The molecule has 22 heavy (non-hydrogen) atoms. The van der Waals surface area contributed by atoms with E-state index in [-0.39, 0.29) is 11.7 Å². The van der Waals surface area contributed by atoms with E-state index in [4.69, 9.17) is 4.74 Å². The molecule has 116 valence electrons. The minimum Gasteiger partial charge on any atom is -0.385 e. The number of benzene rings is 1. The molecule has 0 aliphatic heterocycles. The van der Waals surface area contributed by atoms with Crippen molar-refractivity contribution in [1.29, 1.82) is 0 Å². The summed E-state index contributed by atoms with van der Waals surface area (Å²) in [5, 5.41) is 5.78. The Morgan fingerprint density at radius 2 is 2.14 bits per heavy atom. The fraction of sp³-hybridized carbons (Fsp3) is 0.250. The SMILES string of the molecule is COCCCNC(=O)c1ccc(Nc2cccc(F)c2)cn1. The predicted molar refractivity (Wildman–Crippen MR) is 82.7 cm³/mol. The third-order valence-corrected chi connectivity index (χ3v) is 2.92. The number of halogens is 1. The van der Waals surface area contributed by atoms with E-state index in [0.717, 1.165) is 6.42 Å². The molecule has 1 amide bonds. The molecule has 1 aromatic carbocycles. The van der Waals surface area contributed by atoms with E-state index < -0.39 is 0 Å². The smallest absolute Gasteiger partial charge is 0.269 e. The van der Waals surface area contributed by atoms with Crippen molar-refractivity contribution in [2.45, 2.75) is 6.42 Å². The molecule has 0 spiro atoms. The van der Waals surface area contributed by atoms with Gasteiger partial charge in [0.2, 0.25) is 0 Å². The van der Waals surface area contributed by atoms with Crippen molar-refractivity contribution in [3.63, 3.8) is 0 Å². The van der Waals surface area contributed by atoms with Crippen LogP contribution in [0.2, 0.25) is 0 Å². The number of carbonyl (C=O) groups excluding carboxylic acids is 1. The Kier molecular flexibility index (Phi) is 5.85. The Bertz CT molecular complexity index is 617. The molecule has 6 heteroatoms. The Morgan fingerprint density at radius 3 is 2.82 bits per heavy atom. The second kappa shape index (κ2) is 8.09. The molecule has 0 saturated carbocycles. The third-order valence-electron chi connectivity index (χ3n) is 2.92. The van der Waals surface area contributed by atoms with Gasteiger partial charge in [-0.15, -0.1) is 0 Å². The molecule has 0 atom stereocenters. The number of anilines is 2. The summed E-state index contributed by atoms with van der Waals surface area (Å²) in [5.41, 5.74) is 1.64. The summed E-state index contributed by atoms with van der Waals surface area (Å²) in [6.07, 6.45) is 2.29. The minimum atomic E-state index is -0.315. The van der Waals surface area contributed by atoms with Crippen molar-refractivity contribution in [3.8, 4) is 0 Å². The fourth-order valence-electron chi connectivity index (χ4n) is 1.84. The van der Waals surface area contributed by atoms with Crippen molar-refractivity contribution >= 4 is 17.3 Å². The van der Waals surface area contributed by atoms with E-state index in [1.807, 2.05) is 0 Å². The second-order valence-corrected chi connectivity index (χ2v) is 4.67. The number of methoxy groups -OCH3 is 1. The molecule has 0 saturated heterocycles. The van der Waals surface area contributed by atoms with Gasteiger partial charge in [0.1, 0.15) is 11.5 Å². The number of pyridine rings is 1. The van der Waals surface area contributed by atoms with Crippen LogP contribution in [0, 0.1) is 5.82 Å². The lowest BCUT2D eigenvalue weighted by atomic mass is 10.2. The van der Waals surface area contributed by atoms with Crippen LogP contribution < -0.4 is 10.6 Å². The highest BCUT2D eigenvalue weighted by molar-refractivity contribution is 5.92. The quantitative estimate of drug-likeness (QED) is 0.772. The number of nitrogens with zero attached hydrogens (tertiary/aromatic N) is 1. The molecule has 0 aliphatic rings. The van der Waals surface area contributed by atoms with Gasteiger partial charge >= 0.3 is 0 Å². The zero-order valence-corrected chi connectivity index (χ0v) is 12.3. The summed E-state index contributed by atoms with van der Waals surface area (Å²) in [5.74, 6) is -0.543. The Balaban J connectivity index is 1.91. The molecular formula is C16H18FN3O2. The lowest BCUT2D eigenvalue weighted by molar-refractivity contribution is 0.0943. The molecule has 5 nitrogen and oxygen atoms in total. The molecular weight excluding hydrogens is 285 g/mol. The maximum Gasteiger partial charge on any atom is 0.269 e. The molecule has 1 aromatic heterocycles. The molecule has 0 aliphatic carbocycles. The van der Waals surface area contributed by atoms with Crippen molar-refractivity contribution in [2.24, 2.45) is 0 Å². The van der Waals surface area contributed by atoms with Crippen LogP contribution in [0.1, 0.15) is 16.9 Å². The van der Waals surface area contributed by atoms with Crippen LogP contribution in [0.5, 0.6) is 0 Å². The topological polar surface area (TPSA) is 63.2 Å². The van der Waals surface area contributed by atoms with Crippen molar-refractivity contribution in [1.82, 2.24) is 10.3 Å². The number of aromatic nitrogens is 1. The van der Waals surface area contributed by atoms with Crippen molar-refractivity contribution in [2.75, 3.05) is 25.6 Å². The average molecular weight is 303 g/mol. The van der Waals surface area contributed by atoms with Crippen LogP contribution in [0.25, 0.3) is 0 Å². The van der Waals surface area contributed by atoms with E-state index >= 15 is 0 Å². The summed E-state index contributed by atoms with van der Waals surface area (Å²) in [6.45, 7) is 1.14. The number of hydrogen-bond acceptors (Lipinski definition) is 4. The van der Waals surface area contributed by atoms with Crippen LogP contribution in [0.15, 0.2) is 42.6 Å². The molecule has 2 aromatic rings. The number of rotatable bonds is 7. The standard InChI is InChI=1S/C16H18FN3O2/c1-22-9-3-8-18-16(21)15-7-6-14(11-19-15)20-13-5-2-4-12(17)10-13/h2,4-7,10-11,20H,3,8-9H2,1H3,(H,18,21). The Labute approximate surface area is 128 Å². The predicted octanol–water partition coefficient (Wildman–Crippen LogP) is 2.73. The fourth-order valence-corrected chi connectivity index (χ4v) is 1.84. The van der Waals surface area contributed by atoms with E-state index in [2.05, 4.69) is 15.6 Å². The highest BCUT2D eigenvalue weighted by Crippen LogP contribution is 2.16. The molecule has 1 heterocycles. The summed E-state index contributed by atoms with van der Waals surface area (Å²) in [4.78, 5) is 15.9. The first-order valence-electron chi connectivity index (χ1n) is 6.95. The van der Waals surface area contributed by atoms with Crippen LogP contribution in [-0.2, 0) is 4.74 Å². The van der Waals surface area contributed by atoms with Gasteiger partial charge in [-0.3, -0.25) is 4.79 Å². The number of carbonyl (C=O) groups is 1. The van der Waals surface area contributed by atoms with E-state index in [0.29, 0.717) is 30.2 Å². The van der Waals surface area contributed by atoms with E-state index in [1.165, 1.54) is 18.3 Å². The normalized spacial score (nSPS) is 10.3. The maximum absolute atomic E-state index is 13.1. The summed E-state index contributed by atoms with van der Waals surface area (Å²) >= 11 is 0. The van der Waals surface area contributed by atoms with Gasteiger partial charge in [-0.2, -0.15) is 0 Å². The molecule has 0 bridgehead atoms. The summed E-state index contributed by atoms with van der Waals surface area (Å²) in [7, 11) is 1.62. The first kappa shape index (κ1) is 15.9. The lowest BCUT2D eigenvalue weighted by Gasteiger charge is -2.07. The first-order valence-corrected chi connectivity index (χ1v) is 6.95. The minimum absolute atomic E-state index is 0.228. The largest absolute Gasteiger partial charge is 0.385 e. The van der Waals surface area contributed by atoms with Gasteiger partial charge in [-0.25, -0.2) is 9.37 Å². The summed E-state index contributed by atoms with van der Waals surface area (Å²) < 4.78 is 18.0. The highest BCUT2D eigenvalue weighted by atomic mass is 19.1. The van der Waals surface area contributed by atoms with Gasteiger partial charge in [0.15, 0.2) is 0 Å². The number of hydrogen-bond donors (Lipinski definition) is 2. The third kappa shape index (κ3) is 4.82. The molecule has 0 fully saturated rings. The number of ether oxygens (including phenoxy) is 1. The molecule has 2 N–H and O–H groups in total. The van der Waals surface area contributed by atoms with Crippen LogP contribution in [-0.4, -0.2) is 31.2 Å². The van der Waals surface area contributed by atoms with Gasteiger partial charge in [0.05, 0.1) is 11.9 Å². The van der Waals surface area contributed by atoms with Crippen LogP contribution in [0.3, 0.4) is 0 Å².